The quantitative estimate of drug-likeness (QED) is 0.174. The number of H-pyrrole nitrogens is 1. The Kier molecular flexibility index (Phi) is 9.03. The van der Waals surface area contributed by atoms with E-state index in [9.17, 15) is 39.6 Å². The molecule has 4 heterocycles. The van der Waals surface area contributed by atoms with Gasteiger partial charge >= 0.3 is 5.69 Å². The van der Waals surface area contributed by atoms with Crippen molar-refractivity contribution in [3.63, 3.8) is 0 Å². The molecule has 1 aromatic rings. The summed E-state index contributed by atoms with van der Waals surface area (Å²) in [6, 6.07) is -0.226. The SMILES string of the molecule is CNCC1OC(O[C@H](C2OC(n3ccc(=O)[nH]c3=O)C(O)C2O)[C@H]2C(=O)N(C)C(C(C)=O)=CCN2C)C(O)C1O. The van der Waals surface area contributed by atoms with Gasteiger partial charge < -0.3 is 44.9 Å². The highest BCUT2D eigenvalue weighted by atomic mass is 16.7. The molecule has 0 radical (unpaired) electrons. The van der Waals surface area contributed by atoms with Gasteiger partial charge in [-0.15, -0.1) is 0 Å². The lowest BCUT2D eigenvalue weighted by atomic mass is 9.97. The number of aliphatic hydroxyl groups is 4. The molecular formula is C24H35N5O11. The number of aromatic amines is 1. The lowest BCUT2D eigenvalue weighted by Crippen LogP contribution is -2.59. The highest BCUT2D eigenvalue weighted by molar-refractivity contribution is 5.98. The number of rotatable bonds is 8. The number of nitrogens with one attached hydrogen (secondary N) is 2. The summed E-state index contributed by atoms with van der Waals surface area (Å²) in [5.74, 6) is -0.985. The molecular weight excluding hydrogens is 534 g/mol. The van der Waals surface area contributed by atoms with Crippen LogP contribution in [0.3, 0.4) is 0 Å². The van der Waals surface area contributed by atoms with Crippen molar-refractivity contribution in [1.82, 2.24) is 24.7 Å². The monoisotopic (exact) mass is 569 g/mol. The van der Waals surface area contributed by atoms with E-state index in [4.69, 9.17) is 14.2 Å². The second kappa shape index (κ2) is 12.0. The van der Waals surface area contributed by atoms with Crippen LogP contribution < -0.4 is 16.6 Å². The van der Waals surface area contributed by atoms with Crippen molar-refractivity contribution in [3.8, 4) is 0 Å². The number of likely N-dealkylation sites (N-methyl/N-ethyl adjacent to an activating group) is 3. The first-order chi connectivity index (χ1) is 18.9. The minimum absolute atomic E-state index is 0.1000. The number of allylic oxidation sites excluding steroid dienone is 1. The Hall–Kier alpha value is -2.80. The average Bonchev–Trinajstić information content (AvgIpc) is 3.29. The summed E-state index contributed by atoms with van der Waals surface area (Å²) in [6.07, 6.45) is -10.5. The molecule has 0 bridgehead atoms. The topological polar surface area (TPSA) is 216 Å². The fraction of sp³-hybridized carbons (Fsp3) is 0.667. The number of aromatic nitrogens is 2. The van der Waals surface area contributed by atoms with Crippen molar-refractivity contribution >= 4 is 11.7 Å². The van der Waals surface area contributed by atoms with Crippen molar-refractivity contribution in [2.24, 2.45) is 0 Å². The predicted molar refractivity (Wildman–Crippen MR) is 135 cm³/mol. The summed E-state index contributed by atoms with van der Waals surface area (Å²) in [7, 11) is 4.59. The first-order valence-electron chi connectivity index (χ1n) is 12.7. The molecule has 1 amide bonds. The maximum Gasteiger partial charge on any atom is 0.330 e. The first-order valence-corrected chi connectivity index (χ1v) is 12.7. The number of Topliss-reactive ketones (excluding diaryl/α,β-unsaturated/α-hetero) is 1. The minimum atomic E-state index is -1.72. The third-order valence-electron chi connectivity index (χ3n) is 7.40. The molecule has 2 saturated heterocycles. The Bertz CT molecular complexity index is 1250. The van der Waals surface area contributed by atoms with E-state index in [0.29, 0.717) is 0 Å². The zero-order valence-corrected chi connectivity index (χ0v) is 22.4. The minimum Gasteiger partial charge on any atom is -0.387 e. The fourth-order valence-corrected chi connectivity index (χ4v) is 5.26. The number of amides is 1. The molecule has 0 aromatic carbocycles. The van der Waals surface area contributed by atoms with E-state index in [-0.39, 0.29) is 24.6 Å². The molecule has 4 rings (SSSR count). The second-order valence-electron chi connectivity index (χ2n) is 10.1. The molecule has 6 N–H and O–H groups in total. The Morgan fingerprint density at radius 2 is 1.82 bits per heavy atom. The predicted octanol–water partition coefficient (Wildman–Crippen LogP) is -4.55. The third-order valence-corrected chi connectivity index (χ3v) is 7.40. The number of aliphatic hydroxyl groups excluding tert-OH is 4. The fourth-order valence-electron chi connectivity index (χ4n) is 5.26. The van der Waals surface area contributed by atoms with E-state index >= 15 is 0 Å². The van der Waals surface area contributed by atoms with E-state index in [1.165, 1.54) is 18.9 Å². The highest BCUT2D eigenvalue weighted by Crippen LogP contribution is 2.36. The zero-order chi connectivity index (χ0) is 29.5. The summed E-state index contributed by atoms with van der Waals surface area (Å²) in [5.41, 5.74) is -1.46. The van der Waals surface area contributed by atoms with E-state index in [1.807, 2.05) is 4.98 Å². The molecule has 10 atom stereocenters. The van der Waals surface area contributed by atoms with Crippen LogP contribution in [0.4, 0.5) is 0 Å². The molecule has 8 unspecified atom stereocenters. The molecule has 16 heteroatoms. The van der Waals surface area contributed by atoms with Gasteiger partial charge in [-0.1, -0.05) is 0 Å². The maximum atomic E-state index is 13.7. The molecule has 16 nitrogen and oxygen atoms in total. The van der Waals surface area contributed by atoms with Crippen LogP contribution in [0, 0.1) is 0 Å². The van der Waals surface area contributed by atoms with Crippen molar-refractivity contribution in [2.75, 3.05) is 34.2 Å². The van der Waals surface area contributed by atoms with Crippen LogP contribution in [0.1, 0.15) is 13.2 Å². The number of nitrogens with zero attached hydrogens (tertiary/aromatic N) is 3. The maximum absolute atomic E-state index is 13.7. The Balaban J connectivity index is 1.72. The molecule has 2 fully saturated rings. The van der Waals surface area contributed by atoms with E-state index < -0.39 is 78.4 Å². The molecule has 3 aliphatic rings. The number of hydrogen-bond donors (Lipinski definition) is 6. The number of ketones is 1. The Labute approximate surface area is 228 Å². The van der Waals surface area contributed by atoms with Crippen LogP contribution >= 0.6 is 0 Å². The molecule has 3 aliphatic heterocycles. The van der Waals surface area contributed by atoms with Crippen molar-refractivity contribution in [2.45, 2.75) is 68.2 Å². The normalized spacial score (nSPS) is 36.0. The largest absolute Gasteiger partial charge is 0.387 e. The van der Waals surface area contributed by atoms with Gasteiger partial charge in [-0.05, 0) is 20.2 Å². The van der Waals surface area contributed by atoms with Crippen LogP contribution in [-0.2, 0) is 23.8 Å². The van der Waals surface area contributed by atoms with E-state index in [1.54, 1.807) is 20.2 Å². The van der Waals surface area contributed by atoms with Gasteiger partial charge in [-0.25, -0.2) is 4.79 Å². The van der Waals surface area contributed by atoms with Gasteiger partial charge in [0.1, 0.15) is 48.8 Å². The van der Waals surface area contributed by atoms with Crippen LogP contribution in [0.5, 0.6) is 0 Å². The first kappa shape index (κ1) is 30.2. The molecule has 222 valence electrons. The van der Waals surface area contributed by atoms with Crippen LogP contribution in [0.25, 0.3) is 0 Å². The van der Waals surface area contributed by atoms with Gasteiger partial charge in [-0.3, -0.25) is 28.8 Å². The number of carbonyl (C=O) groups excluding carboxylic acids is 2. The average molecular weight is 570 g/mol. The number of carbonyl (C=O) groups is 2. The molecule has 1 aromatic heterocycles. The smallest absolute Gasteiger partial charge is 0.330 e. The van der Waals surface area contributed by atoms with Crippen molar-refractivity contribution in [1.29, 1.82) is 0 Å². The van der Waals surface area contributed by atoms with Gasteiger partial charge in [0.15, 0.2) is 18.3 Å². The van der Waals surface area contributed by atoms with Crippen molar-refractivity contribution in [3.05, 3.63) is 44.9 Å². The van der Waals surface area contributed by atoms with Gasteiger partial charge in [0.05, 0.1) is 5.70 Å². The van der Waals surface area contributed by atoms with E-state index in [0.717, 1.165) is 21.7 Å². The summed E-state index contributed by atoms with van der Waals surface area (Å²) in [4.78, 5) is 54.6. The Morgan fingerprint density at radius 1 is 1.12 bits per heavy atom. The molecule has 0 spiro atoms. The zero-order valence-electron chi connectivity index (χ0n) is 22.4. The molecule has 0 saturated carbocycles. The highest BCUT2D eigenvalue weighted by Gasteiger charge is 2.55. The van der Waals surface area contributed by atoms with Gasteiger partial charge in [0.2, 0.25) is 5.91 Å². The molecule has 40 heavy (non-hydrogen) atoms. The van der Waals surface area contributed by atoms with Crippen molar-refractivity contribution < 1.29 is 44.2 Å². The summed E-state index contributed by atoms with van der Waals surface area (Å²) in [5, 5.41) is 45.9. The van der Waals surface area contributed by atoms with Crippen LogP contribution in [-0.4, -0.2) is 141 Å². The van der Waals surface area contributed by atoms with E-state index in [2.05, 4.69) is 5.32 Å². The van der Waals surface area contributed by atoms with Gasteiger partial charge in [0, 0.05) is 39.3 Å². The number of ether oxygens (including phenoxy) is 3. The standard InChI is InChI=1S/C24H35N5O11/c1-10(30)11-5-7-27(3)14(21(36)28(11)4)19(40-23-18(35)15(32)12(38-23)9-25-2)20-16(33)17(34)22(39-20)29-8-6-13(31)26-24(29)37/h5-6,8,12,14-20,22-23,25,32-35H,7,9H2,1-4H3,(H,26,31,37)/t12?,14-,15?,16?,17?,18?,19-,20?,22?,23?/m0/s1. The lowest BCUT2D eigenvalue weighted by Gasteiger charge is -2.38. The van der Waals surface area contributed by atoms with Crippen LogP contribution in [0.2, 0.25) is 0 Å². The van der Waals surface area contributed by atoms with Gasteiger partial charge in [-0.2, -0.15) is 0 Å². The number of hydrogen-bond acceptors (Lipinski definition) is 13. The summed E-state index contributed by atoms with van der Waals surface area (Å²) < 4.78 is 18.6. The molecule has 0 aliphatic carbocycles. The van der Waals surface area contributed by atoms with Gasteiger partial charge in [0.25, 0.3) is 5.56 Å². The summed E-state index contributed by atoms with van der Waals surface area (Å²) >= 11 is 0. The Morgan fingerprint density at radius 3 is 2.45 bits per heavy atom. The van der Waals surface area contributed by atoms with Crippen LogP contribution in [0.15, 0.2) is 33.6 Å². The summed E-state index contributed by atoms with van der Waals surface area (Å²) in [6.45, 7) is 1.57. The third kappa shape index (κ3) is 5.54. The second-order valence-corrected chi connectivity index (χ2v) is 10.1. The lowest BCUT2D eigenvalue weighted by molar-refractivity contribution is -0.233.